The average Bonchev–Trinajstić information content (AvgIpc) is 2.91. The molecule has 1 heterocycles. The van der Waals surface area contributed by atoms with Crippen LogP contribution in [0.4, 0.5) is 5.69 Å². The number of ether oxygens (including phenoxy) is 3. The Kier molecular flexibility index (Phi) is 4.77. The van der Waals surface area contributed by atoms with E-state index in [1.807, 2.05) is 0 Å². The van der Waals surface area contributed by atoms with Gasteiger partial charge in [0, 0.05) is 5.56 Å². The SMILES string of the molecule is CCOC(=O)CNC(=O)Cc1cc2c(cc1[N+](=O)[O-])OCO2. The number of hydrogen-bond donors (Lipinski definition) is 1. The van der Waals surface area contributed by atoms with Crippen LogP contribution in [-0.4, -0.2) is 36.7 Å². The van der Waals surface area contributed by atoms with Gasteiger partial charge < -0.3 is 19.5 Å². The van der Waals surface area contributed by atoms with Crippen molar-refractivity contribution in [3.63, 3.8) is 0 Å². The monoisotopic (exact) mass is 310 g/mol. The molecule has 0 aliphatic carbocycles. The van der Waals surface area contributed by atoms with E-state index in [2.05, 4.69) is 10.1 Å². The first-order valence-corrected chi connectivity index (χ1v) is 6.50. The molecule has 0 radical (unpaired) electrons. The third-order valence-electron chi connectivity index (χ3n) is 2.86. The molecule has 0 spiro atoms. The van der Waals surface area contributed by atoms with Crippen molar-refractivity contribution >= 4 is 17.6 Å². The highest BCUT2D eigenvalue weighted by Crippen LogP contribution is 2.38. The number of hydrogen-bond acceptors (Lipinski definition) is 7. The predicted octanol–water partition coefficient (Wildman–Crippen LogP) is 0.545. The maximum atomic E-state index is 11.8. The van der Waals surface area contributed by atoms with Crippen molar-refractivity contribution in [3.05, 3.63) is 27.8 Å². The van der Waals surface area contributed by atoms with E-state index in [-0.39, 0.29) is 43.4 Å². The lowest BCUT2D eigenvalue weighted by atomic mass is 10.1. The van der Waals surface area contributed by atoms with E-state index in [1.165, 1.54) is 12.1 Å². The molecule has 0 atom stereocenters. The van der Waals surface area contributed by atoms with Gasteiger partial charge in [-0.05, 0) is 13.0 Å². The fraction of sp³-hybridized carbons (Fsp3) is 0.385. The molecule has 0 saturated carbocycles. The Labute approximate surface area is 125 Å². The van der Waals surface area contributed by atoms with Gasteiger partial charge >= 0.3 is 5.97 Å². The Morgan fingerprint density at radius 2 is 2.05 bits per heavy atom. The van der Waals surface area contributed by atoms with Crippen molar-refractivity contribution < 1.29 is 28.7 Å². The van der Waals surface area contributed by atoms with Crippen LogP contribution >= 0.6 is 0 Å². The molecule has 0 saturated heterocycles. The molecule has 0 fully saturated rings. The van der Waals surface area contributed by atoms with Crippen molar-refractivity contribution in [3.8, 4) is 11.5 Å². The zero-order valence-corrected chi connectivity index (χ0v) is 11.8. The van der Waals surface area contributed by atoms with Gasteiger partial charge in [-0.15, -0.1) is 0 Å². The molecule has 9 heteroatoms. The summed E-state index contributed by atoms with van der Waals surface area (Å²) in [4.78, 5) is 33.4. The van der Waals surface area contributed by atoms with Crippen LogP contribution in [0.15, 0.2) is 12.1 Å². The summed E-state index contributed by atoms with van der Waals surface area (Å²) < 4.78 is 14.9. The van der Waals surface area contributed by atoms with Crippen molar-refractivity contribution in [1.29, 1.82) is 0 Å². The van der Waals surface area contributed by atoms with E-state index in [0.717, 1.165) is 0 Å². The van der Waals surface area contributed by atoms with Crippen LogP contribution in [-0.2, 0) is 20.7 Å². The van der Waals surface area contributed by atoms with Crippen LogP contribution < -0.4 is 14.8 Å². The Morgan fingerprint density at radius 3 is 2.68 bits per heavy atom. The number of amides is 1. The minimum absolute atomic E-state index is 0.0228. The highest BCUT2D eigenvalue weighted by Gasteiger charge is 2.24. The number of esters is 1. The summed E-state index contributed by atoms with van der Waals surface area (Å²) in [7, 11) is 0. The van der Waals surface area contributed by atoms with Crippen molar-refractivity contribution in [2.24, 2.45) is 0 Å². The third kappa shape index (κ3) is 3.62. The Morgan fingerprint density at radius 1 is 1.36 bits per heavy atom. The molecule has 1 aromatic carbocycles. The quantitative estimate of drug-likeness (QED) is 0.463. The fourth-order valence-corrected chi connectivity index (χ4v) is 1.90. The Bertz CT molecular complexity index is 615. The lowest BCUT2D eigenvalue weighted by molar-refractivity contribution is -0.385. The summed E-state index contributed by atoms with van der Waals surface area (Å²) in [5, 5.41) is 13.4. The second kappa shape index (κ2) is 6.74. The zero-order chi connectivity index (χ0) is 16.1. The van der Waals surface area contributed by atoms with Gasteiger partial charge in [0.25, 0.3) is 5.69 Å². The van der Waals surface area contributed by atoms with Crippen molar-refractivity contribution in [2.75, 3.05) is 19.9 Å². The number of nitro groups is 1. The maximum absolute atomic E-state index is 11.8. The van der Waals surface area contributed by atoms with Crippen LogP contribution in [0.5, 0.6) is 11.5 Å². The first kappa shape index (κ1) is 15.5. The van der Waals surface area contributed by atoms with Gasteiger partial charge in [-0.3, -0.25) is 19.7 Å². The summed E-state index contributed by atoms with van der Waals surface area (Å²) in [5.41, 5.74) is -0.0638. The summed E-state index contributed by atoms with van der Waals surface area (Å²) in [6, 6.07) is 2.61. The molecular weight excluding hydrogens is 296 g/mol. The number of benzene rings is 1. The fourth-order valence-electron chi connectivity index (χ4n) is 1.90. The smallest absolute Gasteiger partial charge is 0.325 e. The average molecular weight is 310 g/mol. The molecular formula is C13H14N2O7. The lowest BCUT2D eigenvalue weighted by Gasteiger charge is -2.06. The molecule has 1 aliphatic rings. The first-order valence-electron chi connectivity index (χ1n) is 6.50. The van der Waals surface area contributed by atoms with Crippen LogP contribution in [0.1, 0.15) is 12.5 Å². The minimum atomic E-state index is -0.601. The molecule has 2 rings (SSSR count). The normalized spacial score (nSPS) is 11.9. The Balaban J connectivity index is 2.07. The van der Waals surface area contributed by atoms with Gasteiger partial charge in [-0.1, -0.05) is 0 Å². The highest BCUT2D eigenvalue weighted by molar-refractivity contribution is 5.84. The van der Waals surface area contributed by atoms with Gasteiger partial charge in [0.05, 0.1) is 24.0 Å². The molecule has 1 aromatic rings. The minimum Gasteiger partial charge on any atom is -0.465 e. The number of carbonyl (C=O) groups excluding carboxylic acids is 2. The number of rotatable bonds is 6. The molecule has 1 aliphatic heterocycles. The van der Waals surface area contributed by atoms with Crippen LogP contribution in [0.2, 0.25) is 0 Å². The largest absolute Gasteiger partial charge is 0.465 e. The number of carbonyl (C=O) groups is 2. The van der Waals surface area contributed by atoms with E-state index in [1.54, 1.807) is 6.92 Å². The summed E-state index contributed by atoms with van der Waals surface area (Å²) >= 11 is 0. The molecule has 0 aromatic heterocycles. The summed E-state index contributed by atoms with van der Waals surface area (Å²) in [5.74, 6) is -0.493. The molecule has 22 heavy (non-hydrogen) atoms. The van der Waals surface area contributed by atoms with E-state index < -0.39 is 16.8 Å². The van der Waals surface area contributed by atoms with Gasteiger partial charge in [0.15, 0.2) is 11.5 Å². The van der Waals surface area contributed by atoms with Crippen LogP contribution in [0.25, 0.3) is 0 Å². The number of nitro benzene ring substituents is 1. The maximum Gasteiger partial charge on any atom is 0.325 e. The van der Waals surface area contributed by atoms with E-state index in [9.17, 15) is 19.7 Å². The molecule has 0 unspecified atom stereocenters. The zero-order valence-electron chi connectivity index (χ0n) is 11.8. The second-order valence-corrected chi connectivity index (χ2v) is 4.35. The third-order valence-corrected chi connectivity index (χ3v) is 2.86. The molecule has 9 nitrogen and oxygen atoms in total. The number of nitrogens with zero attached hydrogens (tertiary/aromatic N) is 1. The molecule has 118 valence electrons. The van der Waals surface area contributed by atoms with Crippen LogP contribution in [0.3, 0.4) is 0 Å². The number of nitrogens with one attached hydrogen (secondary N) is 1. The first-order chi connectivity index (χ1) is 10.5. The number of fused-ring (bicyclic) bond motifs is 1. The van der Waals surface area contributed by atoms with E-state index >= 15 is 0 Å². The second-order valence-electron chi connectivity index (χ2n) is 4.35. The topological polar surface area (TPSA) is 117 Å². The summed E-state index contributed by atoms with van der Waals surface area (Å²) in [6.07, 6.45) is -0.258. The van der Waals surface area contributed by atoms with Crippen molar-refractivity contribution in [1.82, 2.24) is 5.32 Å². The van der Waals surface area contributed by atoms with Crippen molar-refractivity contribution in [2.45, 2.75) is 13.3 Å². The highest BCUT2D eigenvalue weighted by atomic mass is 16.7. The predicted molar refractivity (Wildman–Crippen MR) is 72.6 cm³/mol. The Hall–Kier alpha value is -2.84. The van der Waals surface area contributed by atoms with Gasteiger partial charge in [-0.2, -0.15) is 0 Å². The summed E-state index contributed by atoms with van der Waals surface area (Å²) in [6.45, 7) is 1.55. The molecule has 1 N–H and O–H groups in total. The van der Waals surface area contributed by atoms with Gasteiger partial charge in [-0.25, -0.2) is 0 Å². The lowest BCUT2D eigenvalue weighted by Crippen LogP contribution is -2.31. The standard InChI is InChI=1S/C13H14N2O7/c1-2-20-13(17)6-14-12(16)4-8-3-10-11(22-7-21-10)5-9(8)15(18)19/h3,5H,2,4,6-7H2,1H3,(H,14,16). The van der Waals surface area contributed by atoms with Gasteiger partial charge in [0.1, 0.15) is 6.54 Å². The molecule has 0 bridgehead atoms. The van der Waals surface area contributed by atoms with E-state index in [4.69, 9.17) is 9.47 Å². The molecule has 1 amide bonds. The van der Waals surface area contributed by atoms with Crippen LogP contribution in [0, 0.1) is 10.1 Å². The van der Waals surface area contributed by atoms with E-state index in [0.29, 0.717) is 5.75 Å². The van der Waals surface area contributed by atoms with Gasteiger partial charge in [0.2, 0.25) is 12.7 Å².